The standard InChI is InChI=1S/C23H22N2O2S2/c1-4-5-15-6-8-19-17(10-15)18-11-16(7-9-20(18)28-19)22(3)13-29(26,27)23(12-14(23)2)21(24)25-22/h6-11,14H,12-13H2,1-3H3,(H2,24,25)/t14-,22-,23+/m0/s1. The molecule has 0 bridgehead atoms. The number of rotatable bonds is 1. The Labute approximate surface area is 174 Å². The number of hydrogen-bond acceptors (Lipinski definition) is 5. The molecule has 29 heavy (non-hydrogen) atoms. The summed E-state index contributed by atoms with van der Waals surface area (Å²) in [7, 11) is -3.37. The average molecular weight is 423 g/mol. The number of thiophene rings is 1. The highest BCUT2D eigenvalue weighted by molar-refractivity contribution is 7.94. The first-order valence-electron chi connectivity index (χ1n) is 9.68. The topological polar surface area (TPSA) is 72.5 Å². The number of aliphatic imine (C=N–C) groups is 1. The number of nitrogens with zero attached hydrogens (tertiary/aromatic N) is 1. The predicted octanol–water partition coefficient (Wildman–Crippen LogP) is 4.21. The SMILES string of the molecule is CC#Cc1ccc2sc3ccc([C@]4(C)CS(=O)(=O)[C@@]5(C[C@@H]5C)C(N)=N4)cc3c2c1. The second kappa shape index (κ2) is 5.84. The first-order valence-corrected chi connectivity index (χ1v) is 12.1. The van der Waals surface area contributed by atoms with Gasteiger partial charge in [-0.25, -0.2) is 8.42 Å². The maximum absolute atomic E-state index is 13.1. The van der Waals surface area contributed by atoms with Crippen molar-refractivity contribution in [2.24, 2.45) is 16.6 Å². The van der Waals surface area contributed by atoms with Crippen molar-refractivity contribution >= 4 is 47.2 Å². The van der Waals surface area contributed by atoms with Crippen molar-refractivity contribution in [3.8, 4) is 11.8 Å². The van der Waals surface area contributed by atoms with Gasteiger partial charge in [0.05, 0.1) is 11.3 Å². The van der Waals surface area contributed by atoms with E-state index in [4.69, 9.17) is 10.7 Å². The third-order valence-electron chi connectivity index (χ3n) is 6.43. The first-order chi connectivity index (χ1) is 13.7. The van der Waals surface area contributed by atoms with Crippen molar-refractivity contribution in [2.75, 3.05) is 5.75 Å². The van der Waals surface area contributed by atoms with Crippen molar-refractivity contribution in [2.45, 2.75) is 37.5 Å². The van der Waals surface area contributed by atoms with Crippen LogP contribution in [0.15, 0.2) is 41.4 Å². The summed E-state index contributed by atoms with van der Waals surface area (Å²) in [5.74, 6) is 6.36. The van der Waals surface area contributed by atoms with Crippen molar-refractivity contribution in [1.82, 2.24) is 0 Å². The van der Waals surface area contributed by atoms with E-state index in [1.807, 2.05) is 32.9 Å². The largest absolute Gasteiger partial charge is 0.386 e. The van der Waals surface area contributed by atoms with Crippen LogP contribution in [-0.4, -0.2) is 24.8 Å². The fraction of sp³-hybridized carbons (Fsp3) is 0.348. The fourth-order valence-electron chi connectivity index (χ4n) is 4.72. The minimum atomic E-state index is -3.37. The van der Waals surface area contributed by atoms with Crippen molar-refractivity contribution in [1.29, 1.82) is 0 Å². The molecule has 1 spiro atoms. The lowest BCUT2D eigenvalue weighted by molar-refractivity contribution is 0.510. The van der Waals surface area contributed by atoms with Gasteiger partial charge in [0, 0.05) is 25.7 Å². The minimum absolute atomic E-state index is 0.00875. The molecule has 3 aromatic rings. The molecule has 0 amide bonds. The van der Waals surface area contributed by atoms with Gasteiger partial charge in [-0.3, -0.25) is 4.99 Å². The molecule has 2 aromatic carbocycles. The lowest BCUT2D eigenvalue weighted by atomic mass is 9.92. The van der Waals surface area contributed by atoms with Gasteiger partial charge in [-0.05, 0) is 62.1 Å². The van der Waals surface area contributed by atoms with Gasteiger partial charge in [-0.1, -0.05) is 18.9 Å². The molecule has 0 radical (unpaired) electrons. The van der Waals surface area contributed by atoms with Crippen LogP contribution < -0.4 is 5.73 Å². The second-order valence-electron chi connectivity index (χ2n) is 8.42. The number of amidine groups is 1. The van der Waals surface area contributed by atoms with Crippen LogP contribution >= 0.6 is 11.3 Å². The van der Waals surface area contributed by atoms with Gasteiger partial charge in [0.1, 0.15) is 10.6 Å². The molecule has 3 atom stereocenters. The maximum atomic E-state index is 13.1. The van der Waals surface area contributed by atoms with Crippen LogP contribution in [0.3, 0.4) is 0 Å². The molecule has 1 saturated carbocycles. The van der Waals surface area contributed by atoms with E-state index in [0.29, 0.717) is 6.42 Å². The summed E-state index contributed by atoms with van der Waals surface area (Å²) in [6.07, 6.45) is 0.580. The molecule has 0 unspecified atom stereocenters. The van der Waals surface area contributed by atoms with Gasteiger partial charge in [-0.2, -0.15) is 0 Å². The molecular formula is C23H22N2O2S2. The number of nitrogens with two attached hydrogens (primary N) is 1. The van der Waals surface area contributed by atoms with E-state index < -0.39 is 20.1 Å². The van der Waals surface area contributed by atoms with Crippen molar-refractivity contribution < 1.29 is 8.42 Å². The van der Waals surface area contributed by atoms with Crippen LogP contribution in [0, 0.1) is 17.8 Å². The second-order valence-corrected chi connectivity index (χ2v) is 11.8. The zero-order chi connectivity index (χ0) is 20.6. The first kappa shape index (κ1) is 18.7. The van der Waals surface area contributed by atoms with Crippen LogP contribution in [0.2, 0.25) is 0 Å². The highest BCUT2D eigenvalue weighted by Crippen LogP contribution is 2.54. The van der Waals surface area contributed by atoms with E-state index in [2.05, 4.69) is 36.1 Å². The van der Waals surface area contributed by atoms with E-state index in [0.717, 1.165) is 26.6 Å². The Bertz CT molecular complexity index is 1390. The highest BCUT2D eigenvalue weighted by Gasteiger charge is 2.67. The van der Waals surface area contributed by atoms with E-state index in [-0.39, 0.29) is 17.5 Å². The van der Waals surface area contributed by atoms with Crippen LogP contribution in [0.5, 0.6) is 0 Å². The summed E-state index contributed by atoms with van der Waals surface area (Å²) in [4.78, 5) is 4.76. The fourth-order valence-corrected chi connectivity index (χ4v) is 8.50. The summed E-state index contributed by atoms with van der Waals surface area (Å²) < 4.78 is 27.7. The highest BCUT2D eigenvalue weighted by atomic mass is 32.2. The molecular weight excluding hydrogens is 400 g/mol. The normalized spacial score (nSPS) is 30.2. The van der Waals surface area contributed by atoms with Crippen LogP contribution in [0.25, 0.3) is 20.2 Å². The minimum Gasteiger partial charge on any atom is -0.386 e. The zero-order valence-electron chi connectivity index (χ0n) is 16.6. The summed E-state index contributed by atoms with van der Waals surface area (Å²) in [6.45, 7) is 5.64. The summed E-state index contributed by atoms with van der Waals surface area (Å²) in [5, 5.41) is 2.24. The molecule has 1 aliphatic carbocycles. The molecule has 1 aliphatic heterocycles. The number of benzene rings is 2. The van der Waals surface area contributed by atoms with Crippen molar-refractivity contribution in [3.05, 3.63) is 47.5 Å². The van der Waals surface area contributed by atoms with Gasteiger partial charge in [0.25, 0.3) is 0 Å². The van der Waals surface area contributed by atoms with E-state index in [9.17, 15) is 8.42 Å². The molecule has 1 fully saturated rings. The van der Waals surface area contributed by atoms with E-state index >= 15 is 0 Å². The van der Waals surface area contributed by atoms with Gasteiger partial charge in [-0.15, -0.1) is 17.3 Å². The Hall–Kier alpha value is -2.36. The molecule has 4 nitrogen and oxygen atoms in total. The van der Waals surface area contributed by atoms with Gasteiger partial charge in [0.15, 0.2) is 9.84 Å². The number of hydrogen-bond donors (Lipinski definition) is 1. The van der Waals surface area contributed by atoms with Gasteiger partial charge < -0.3 is 5.73 Å². The Morgan fingerprint density at radius 3 is 2.45 bits per heavy atom. The lowest BCUT2D eigenvalue weighted by Crippen LogP contribution is -2.51. The number of sulfone groups is 1. The summed E-state index contributed by atoms with van der Waals surface area (Å²) in [5.41, 5.74) is 7.23. The Kier molecular flexibility index (Phi) is 3.76. The monoisotopic (exact) mass is 422 g/mol. The quantitative estimate of drug-likeness (QED) is 0.597. The smallest absolute Gasteiger partial charge is 0.166 e. The van der Waals surface area contributed by atoms with Crippen LogP contribution in [0.1, 0.15) is 38.3 Å². The number of fused-ring (bicyclic) bond motifs is 3. The molecule has 5 rings (SSSR count). The summed E-state index contributed by atoms with van der Waals surface area (Å²) in [6, 6.07) is 12.4. The average Bonchev–Trinajstić information content (AvgIpc) is 3.22. The molecule has 2 heterocycles. The zero-order valence-corrected chi connectivity index (χ0v) is 18.2. The predicted molar refractivity (Wildman–Crippen MR) is 121 cm³/mol. The Morgan fingerprint density at radius 2 is 1.83 bits per heavy atom. The molecule has 0 saturated heterocycles. The Balaban J connectivity index is 1.69. The molecule has 148 valence electrons. The van der Waals surface area contributed by atoms with Crippen LogP contribution in [-0.2, 0) is 15.4 Å². The molecule has 2 N–H and O–H groups in total. The van der Waals surface area contributed by atoms with Crippen molar-refractivity contribution in [3.63, 3.8) is 0 Å². The van der Waals surface area contributed by atoms with E-state index in [1.54, 1.807) is 11.3 Å². The Morgan fingerprint density at radius 1 is 1.17 bits per heavy atom. The maximum Gasteiger partial charge on any atom is 0.166 e. The van der Waals surface area contributed by atoms with Gasteiger partial charge >= 0.3 is 0 Å². The molecule has 1 aromatic heterocycles. The molecule has 6 heteroatoms. The lowest BCUT2D eigenvalue weighted by Gasteiger charge is -2.34. The van der Waals surface area contributed by atoms with Gasteiger partial charge in [0.2, 0.25) is 0 Å². The third-order valence-corrected chi connectivity index (χ3v) is 10.4. The van der Waals surface area contributed by atoms with E-state index in [1.165, 1.54) is 4.70 Å². The van der Waals surface area contributed by atoms with Crippen LogP contribution in [0.4, 0.5) is 0 Å². The summed E-state index contributed by atoms with van der Waals surface area (Å²) >= 11 is 1.73. The third kappa shape index (κ3) is 2.50. The molecule has 2 aliphatic rings.